The van der Waals surface area contributed by atoms with Crippen LogP contribution in [0.25, 0.3) is 0 Å². The van der Waals surface area contributed by atoms with Crippen LogP contribution in [0.4, 0.5) is 5.69 Å². The van der Waals surface area contributed by atoms with Crippen molar-refractivity contribution >= 4 is 17.6 Å². The summed E-state index contributed by atoms with van der Waals surface area (Å²) in [6, 6.07) is 13.2. The molecule has 1 amide bonds. The number of carbonyl (C=O) groups excluding carboxylic acids is 1. The topological polar surface area (TPSA) is 75.6 Å². The number of nitrogens with one attached hydrogen (secondary N) is 1. The van der Waals surface area contributed by atoms with Gasteiger partial charge in [0.15, 0.2) is 5.75 Å². The summed E-state index contributed by atoms with van der Waals surface area (Å²) in [5.74, 6) is 0.375. The highest BCUT2D eigenvalue weighted by Crippen LogP contribution is 2.33. The lowest BCUT2D eigenvalue weighted by Crippen LogP contribution is -2.12. The number of carboxylic acids is 1. The summed E-state index contributed by atoms with van der Waals surface area (Å²) in [6.07, 6.45) is 1.39. The lowest BCUT2D eigenvalue weighted by molar-refractivity contribution is -0.137. The fraction of sp³-hybridized carbons (Fsp3) is 0.300. The van der Waals surface area contributed by atoms with Crippen molar-refractivity contribution in [2.24, 2.45) is 0 Å². The van der Waals surface area contributed by atoms with Gasteiger partial charge in [0.2, 0.25) is 5.91 Å². The molecule has 0 aliphatic carbocycles. The predicted molar refractivity (Wildman–Crippen MR) is 97.2 cm³/mol. The molecule has 0 aromatic heterocycles. The van der Waals surface area contributed by atoms with E-state index < -0.39 is 5.97 Å². The smallest absolute Gasteiger partial charge is 0.303 e. The molecule has 132 valence electrons. The van der Waals surface area contributed by atoms with Crippen LogP contribution in [-0.4, -0.2) is 17.0 Å². The second-order valence-electron chi connectivity index (χ2n) is 5.97. The zero-order valence-corrected chi connectivity index (χ0v) is 14.5. The summed E-state index contributed by atoms with van der Waals surface area (Å²) in [7, 11) is 0. The summed E-state index contributed by atoms with van der Waals surface area (Å²) in [5, 5.41) is 11.5. The van der Waals surface area contributed by atoms with Crippen LogP contribution in [0, 0.1) is 13.8 Å². The second kappa shape index (κ2) is 8.87. The number of aliphatic carboxylic acids is 1. The Bertz CT molecular complexity index is 735. The molecule has 0 saturated carbocycles. The van der Waals surface area contributed by atoms with E-state index >= 15 is 0 Å². The lowest BCUT2D eigenvalue weighted by atomic mass is 10.1. The molecule has 2 aromatic rings. The van der Waals surface area contributed by atoms with Crippen molar-refractivity contribution in [3.05, 3.63) is 53.6 Å². The molecule has 2 N–H and O–H groups in total. The van der Waals surface area contributed by atoms with E-state index in [2.05, 4.69) is 5.32 Å². The van der Waals surface area contributed by atoms with Gasteiger partial charge in [-0.25, -0.2) is 0 Å². The van der Waals surface area contributed by atoms with Crippen molar-refractivity contribution < 1.29 is 19.4 Å². The highest BCUT2D eigenvalue weighted by molar-refractivity contribution is 5.92. The van der Waals surface area contributed by atoms with Gasteiger partial charge in [-0.15, -0.1) is 0 Å². The Hall–Kier alpha value is -2.82. The third kappa shape index (κ3) is 5.64. The Morgan fingerprint density at radius 3 is 2.28 bits per heavy atom. The fourth-order valence-electron chi connectivity index (χ4n) is 2.50. The maximum Gasteiger partial charge on any atom is 0.303 e. The standard InChI is InChI=1S/C20H23NO4/c1-14-8-7-9-15(2)20(14)25-17-11-4-3-10-16(17)21-18(22)12-5-6-13-19(23)24/h3-4,7-11H,5-6,12-13H2,1-2H3,(H,21,22)(H,23,24). The number of hydrogen-bond donors (Lipinski definition) is 2. The molecule has 0 radical (unpaired) electrons. The summed E-state index contributed by atoms with van der Waals surface area (Å²) in [6.45, 7) is 3.96. The van der Waals surface area contributed by atoms with E-state index in [1.165, 1.54) is 0 Å². The third-order valence-corrected chi connectivity index (χ3v) is 3.83. The van der Waals surface area contributed by atoms with Crippen molar-refractivity contribution in [1.82, 2.24) is 0 Å². The predicted octanol–water partition coefficient (Wildman–Crippen LogP) is 4.68. The van der Waals surface area contributed by atoms with Crippen molar-refractivity contribution in [3.8, 4) is 11.5 Å². The van der Waals surface area contributed by atoms with Crippen LogP contribution < -0.4 is 10.1 Å². The van der Waals surface area contributed by atoms with E-state index in [1.54, 1.807) is 6.07 Å². The second-order valence-corrected chi connectivity index (χ2v) is 5.97. The molecule has 0 aliphatic heterocycles. The van der Waals surface area contributed by atoms with Crippen LogP contribution in [0.1, 0.15) is 36.8 Å². The van der Waals surface area contributed by atoms with E-state index in [-0.39, 0.29) is 18.7 Å². The van der Waals surface area contributed by atoms with Gasteiger partial charge in [0.05, 0.1) is 5.69 Å². The normalized spacial score (nSPS) is 10.3. The highest BCUT2D eigenvalue weighted by Gasteiger charge is 2.11. The minimum absolute atomic E-state index is 0.0829. The van der Waals surface area contributed by atoms with E-state index in [9.17, 15) is 9.59 Å². The van der Waals surface area contributed by atoms with Gasteiger partial charge in [-0.3, -0.25) is 9.59 Å². The summed E-state index contributed by atoms with van der Waals surface area (Å²) in [5.41, 5.74) is 2.65. The van der Waals surface area contributed by atoms with E-state index in [1.807, 2.05) is 50.2 Å². The number of carboxylic acid groups (broad SMARTS) is 1. The number of para-hydroxylation sites is 3. The summed E-state index contributed by atoms with van der Waals surface area (Å²) in [4.78, 5) is 22.6. The number of benzene rings is 2. The molecule has 0 aliphatic rings. The summed E-state index contributed by atoms with van der Waals surface area (Å²) < 4.78 is 6.04. The van der Waals surface area contributed by atoms with Crippen LogP contribution in [-0.2, 0) is 9.59 Å². The SMILES string of the molecule is Cc1cccc(C)c1Oc1ccccc1NC(=O)CCCCC(=O)O. The van der Waals surface area contributed by atoms with Gasteiger partial charge < -0.3 is 15.2 Å². The van der Waals surface area contributed by atoms with Gasteiger partial charge in [0.1, 0.15) is 5.75 Å². The monoisotopic (exact) mass is 341 g/mol. The van der Waals surface area contributed by atoms with Crippen molar-refractivity contribution in [1.29, 1.82) is 0 Å². The van der Waals surface area contributed by atoms with E-state index in [4.69, 9.17) is 9.84 Å². The number of hydrogen-bond acceptors (Lipinski definition) is 3. The molecule has 5 heteroatoms. The third-order valence-electron chi connectivity index (χ3n) is 3.83. The first-order valence-electron chi connectivity index (χ1n) is 8.32. The molecule has 0 fully saturated rings. The fourth-order valence-corrected chi connectivity index (χ4v) is 2.50. The van der Waals surface area contributed by atoms with Crippen molar-refractivity contribution in [3.63, 3.8) is 0 Å². The van der Waals surface area contributed by atoms with Crippen LogP contribution in [0.5, 0.6) is 11.5 Å². The van der Waals surface area contributed by atoms with Gasteiger partial charge in [0.25, 0.3) is 0 Å². The Labute approximate surface area is 147 Å². The number of anilines is 1. The Morgan fingerprint density at radius 1 is 0.960 bits per heavy atom. The first kappa shape index (κ1) is 18.5. The Balaban J connectivity index is 2.03. The summed E-state index contributed by atoms with van der Waals surface area (Å²) >= 11 is 0. The molecular formula is C20H23NO4. The number of aryl methyl sites for hydroxylation is 2. The van der Waals surface area contributed by atoms with Crippen LogP contribution in [0.2, 0.25) is 0 Å². The number of unbranched alkanes of at least 4 members (excludes halogenated alkanes) is 1. The van der Waals surface area contributed by atoms with Gasteiger partial charge >= 0.3 is 5.97 Å². The van der Waals surface area contributed by atoms with Crippen LogP contribution in [0.15, 0.2) is 42.5 Å². The van der Waals surface area contributed by atoms with Gasteiger partial charge in [-0.1, -0.05) is 30.3 Å². The minimum Gasteiger partial charge on any atom is -0.481 e. The molecule has 2 rings (SSSR count). The van der Waals surface area contributed by atoms with E-state index in [0.717, 1.165) is 16.9 Å². The van der Waals surface area contributed by atoms with Crippen molar-refractivity contribution in [2.75, 3.05) is 5.32 Å². The molecule has 0 saturated heterocycles. The Morgan fingerprint density at radius 2 is 1.60 bits per heavy atom. The van der Waals surface area contributed by atoms with Gasteiger partial charge in [-0.2, -0.15) is 0 Å². The lowest BCUT2D eigenvalue weighted by Gasteiger charge is -2.15. The first-order valence-corrected chi connectivity index (χ1v) is 8.32. The first-order chi connectivity index (χ1) is 12.0. The maximum atomic E-state index is 12.1. The average Bonchev–Trinajstić information content (AvgIpc) is 2.56. The minimum atomic E-state index is -0.840. The maximum absolute atomic E-state index is 12.1. The number of amides is 1. The molecular weight excluding hydrogens is 318 g/mol. The zero-order valence-electron chi connectivity index (χ0n) is 14.5. The zero-order chi connectivity index (χ0) is 18.2. The number of ether oxygens (including phenoxy) is 1. The average molecular weight is 341 g/mol. The molecule has 0 spiro atoms. The molecule has 25 heavy (non-hydrogen) atoms. The number of rotatable bonds is 8. The molecule has 0 atom stereocenters. The number of carbonyl (C=O) groups is 2. The van der Waals surface area contributed by atoms with E-state index in [0.29, 0.717) is 24.3 Å². The molecule has 0 bridgehead atoms. The molecule has 0 heterocycles. The molecule has 0 unspecified atom stereocenters. The van der Waals surface area contributed by atoms with Crippen molar-refractivity contribution in [2.45, 2.75) is 39.5 Å². The highest BCUT2D eigenvalue weighted by atomic mass is 16.5. The molecule has 5 nitrogen and oxygen atoms in total. The quantitative estimate of drug-likeness (QED) is 0.684. The van der Waals surface area contributed by atoms with Gasteiger partial charge in [0, 0.05) is 12.8 Å². The molecule has 2 aromatic carbocycles. The largest absolute Gasteiger partial charge is 0.481 e. The van der Waals surface area contributed by atoms with Crippen LogP contribution in [0.3, 0.4) is 0 Å². The van der Waals surface area contributed by atoms with Crippen LogP contribution >= 0.6 is 0 Å². The van der Waals surface area contributed by atoms with Gasteiger partial charge in [-0.05, 0) is 49.9 Å². The Kier molecular flexibility index (Phi) is 6.57.